The average molecular weight is 152 g/mol. The number of ketones is 1. The van der Waals surface area contributed by atoms with Crippen molar-refractivity contribution in [1.29, 1.82) is 0 Å². The van der Waals surface area contributed by atoms with Gasteiger partial charge in [0.15, 0.2) is 0 Å². The highest BCUT2D eigenvalue weighted by molar-refractivity contribution is 5.85. The van der Waals surface area contributed by atoms with Crippen LogP contribution in [-0.4, -0.2) is 12.0 Å². The lowest BCUT2D eigenvalue weighted by Gasteiger charge is -2.02. The van der Waals surface area contributed by atoms with E-state index >= 15 is 0 Å². The van der Waals surface area contributed by atoms with Crippen molar-refractivity contribution in [2.75, 3.05) is 0 Å². The molecule has 0 aromatic rings. The van der Waals surface area contributed by atoms with E-state index in [4.69, 9.17) is 0 Å². The second-order valence-electron chi connectivity index (χ2n) is 2.05. The molecule has 0 amide bonds. The van der Waals surface area contributed by atoms with E-state index in [0.29, 0.717) is 0 Å². The molecule has 0 aromatic heterocycles. The predicted octanol–water partition coefficient (Wildman–Crippen LogP) is 2.08. The summed E-state index contributed by atoms with van der Waals surface area (Å²) < 4.78 is 34.3. The molecule has 0 atom stereocenters. The van der Waals surface area contributed by atoms with Crippen LogP contribution >= 0.6 is 0 Å². The third-order valence-electron chi connectivity index (χ3n) is 0.779. The van der Waals surface area contributed by atoms with E-state index < -0.39 is 18.4 Å². The van der Waals surface area contributed by atoms with E-state index in [9.17, 15) is 18.0 Å². The van der Waals surface area contributed by atoms with Crippen molar-refractivity contribution in [3.05, 3.63) is 12.2 Å². The van der Waals surface area contributed by atoms with E-state index in [-0.39, 0.29) is 5.57 Å². The fourth-order valence-corrected chi connectivity index (χ4v) is 0.374. The van der Waals surface area contributed by atoms with Crippen LogP contribution in [0.3, 0.4) is 0 Å². The monoisotopic (exact) mass is 152 g/mol. The van der Waals surface area contributed by atoms with Crippen LogP contribution in [0.2, 0.25) is 0 Å². The van der Waals surface area contributed by atoms with E-state index in [1.165, 1.54) is 6.92 Å². The summed E-state index contributed by atoms with van der Waals surface area (Å²) in [6.07, 6.45) is -5.32. The summed E-state index contributed by atoms with van der Waals surface area (Å²) in [7, 11) is 0. The third-order valence-corrected chi connectivity index (χ3v) is 0.779. The first-order valence-corrected chi connectivity index (χ1v) is 2.58. The Kier molecular flexibility index (Phi) is 2.63. The molecule has 0 fully saturated rings. The molecule has 0 aliphatic rings. The zero-order valence-electron chi connectivity index (χ0n) is 5.46. The summed E-state index contributed by atoms with van der Waals surface area (Å²) in [4.78, 5) is 10.1. The van der Waals surface area contributed by atoms with Gasteiger partial charge in [0.2, 0.25) is 5.78 Å². The van der Waals surface area contributed by atoms with Crippen LogP contribution in [0.25, 0.3) is 0 Å². The molecular formula is C6H7F3O. The highest BCUT2D eigenvalue weighted by atomic mass is 19.4. The van der Waals surface area contributed by atoms with Crippen molar-refractivity contribution in [1.82, 2.24) is 0 Å². The first-order chi connectivity index (χ1) is 4.34. The van der Waals surface area contributed by atoms with Gasteiger partial charge in [0.05, 0.1) is 0 Å². The number of rotatable bonds is 2. The first kappa shape index (κ1) is 9.20. The van der Waals surface area contributed by atoms with Crippen molar-refractivity contribution < 1.29 is 18.0 Å². The molecule has 0 rings (SSSR count). The van der Waals surface area contributed by atoms with Crippen LogP contribution in [0.4, 0.5) is 13.2 Å². The molecule has 0 aromatic carbocycles. The second-order valence-corrected chi connectivity index (χ2v) is 2.05. The molecular weight excluding hydrogens is 145 g/mol. The average Bonchev–Trinajstić information content (AvgIpc) is 1.60. The van der Waals surface area contributed by atoms with Crippen LogP contribution in [0.1, 0.15) is 13.3 Å². The lowest BCUT2D eigenvalue weighted by atomic mass is 10.2. The largest absolute Gasteiger partial charge is 0.450 e. The van der Waals surface area contributed by atoms with Crippen LogP contribution in [0, 0.1) is 0 Å². The number of allylic oxidation sites excluding steroid dienone is 1. The Morgan fingerprint density at radius 2 is 1.90 bits per heavy atom. The van der Waals surface area contributed by atoms with Gasteiger partial charge in [-0.1, -0.05) is 12.2 Å². The highest BCUT2D eigenvalue weighted by Crippen LogP contribution is 2.19. The Morgan fingerprint density at radius 1 is 1.50 bits per heavy atom. The Morgan fingerprint density at radius 3 is 2.00 bits per heavy atom. The Hall–Kier alpha value is -0.800. The molecule has 0 heterocycles. The van der Waals surface area contributed by atoms with E-state index in [0.717, 1.165) is 0 Å². The molecule has 58 valence electrons. The number of halogens is 3. The van der Waals surface area contributed by atoms with Crippen LogP contribution in [0.5, 0.6) is 0 Å². The van der Waals surface area contributed by atoms with Gasteiger partial charge in [0.25, 0.3) is 0 Å². The maximum Gasteiger partial charge on any atom is 0.450 e. The molecule has 0 saturated carbocycles. The summed E-state index contributed by atoms with van der Waals surface area (Å²) in [5.74, 6) is -1.74. The maximum atomic E-state index is 11.4. The summed E-state index contributed by atoms with van der Waals surface area (Å²) in [6.45, 7) is 4.57. The normalized spacial score (nSPS) is 11.2. The van der Waals surface area contributed by atoms with Crippen LogP contribution in [0.15, 0.2) is 12.2 Å². The predicted molar refractivity (Wildman–Crippen MR) is 30.5 cm³/mol. The highest BCUT2D eigenvalue weighted by Gasteiger charge is 2.37. The molecule has 0 aliphatic heterocycles. The lowest BCUT2D eigenvalue weighted by molar-refractivity contribution is -0.170. The standard InChI is InChI=1S/C6H7F3O/c1-4(2)3-5(10)6(7,8)9/h1,3H2,2H3. The molecule has 0 saturated heterocycles. The van der Waals surface area contributed by atoms with Gasteiger partial charge in [0.1, 0.15) is 0 Å². The number of hydrogen-bond acceptors (Lipinski definition) is 1. The van der Waals surface area contributed by atoms with E-state index in [1.807, 2.05) is 0 Å². The van der Waals surface area contributed by atoms with Gasteiger partial charge in [-0.2, -0.15) is 13.2 Å². The third kappa shape index (κ3) is 3.27. The number of carbonyl (C=O) groups excluding carboxylic acids is 1. The van der Waals surface area contributed by atoms with Crippen molar-refractivity contribution in [2.24, 2.45) is 0 Å². The van der Waals surface area contributed by atoms with Crippen molar-refractivity contribution in [3.63, 3.8) is 0 Å². The molecule has 1 nitrogen and oxygen atoms in total. The molecule has 0 radical (unpaired) electrons. The quantitative estimate of drug-likeness (QED) is 0.553. The van der Waals surface area contributed by atoms with Gasteiger partial charge < -0.3 is 0 Å². The molecule has 0 bridgehead atoms. The van der Waals surface area contributed by atoms with Gasteiger partial charge in [-0.15, -0.1) is 0 Å². The second kappa shape index (κ2) is 2.86. The SMILES string of the molecule is C=C(C)CC(=O)C(F)(F)F. The number of carbonyl (C=O) groups is 1. The van der Waals surface area contributed by atoms with E-state index in [2.05, 4.69) is 6.58 Å². The zero-order valence-corrected chi connectivity index (χ0v) is 5.46. The minimum absolute atomic E-state index is 0.224. The summed E-state index contributed by atoms with van der Waals surface area (Å²) >= 11 is 0. The minimum Gasteiger partial charge on any atom is -0.289 e. The number of alkyl halides is 3. The molecule has 10 heavy (non-hydrogen) atoms. The molecule has 4 heteroatoms. The van der Waals surface area contributed by atoms with Gasteiger partial charge in [-0.3, -0.25) is 4.79 Å². The molecule has 0 N–H and O–H groups in total. The van der Waals surface area contributed by atoms with E-state index in [1.54, 1.807) is 0 Å². The van der Waals surface area contributed by atoms with Gasteiger partial charge in [-0.25, -0.2) is 0 Å². The molecule has 0 unspecified atom stereocenters. The number of hydrogen-bond donors (Lipinski definition) is 0. The van der Waals surface area contributed by atoms with Crippen LogP contribution < -0.4 is 0 Å². The Bertz CT molecular complexity index is 157. The Labute approximate surface area is 56.5 Å². The minimum atomic E-state index is -4.71. The Balaban J connectivity index is 3.99. The topological polar surface area (TPSA) is 17.1 Å². The van der Waals surface area contributed by atoms with Crippen molar-refractivity contribution in [2.45, 2.75) is 19.5 Å². The van der Waals surface area contributed by atoms with Crippen LogP contribution in [-0.2, 0) is 4.79 Å². The number of Topliss-reactive ketones (excluding diaryl/α,β-unsaturated/α-hetero) is 1. The van der Waals surface area contributed by atoms with Gasteiger partial charge in [0, 0.05) is 6.42 Å². The summed E-state index contributed by atoms with van der Waals surface area (Å²) in [5.41, 5.74) is 0.224. The van der Waals surface area contributed by atoms with Gasteiger partial charge >= 0.3 is 6.18 Å². The lowest BCUT2D eigenvalue weighted by Crippen LogP contribution is -2.22. The first-order valence-electron chi connectivity index (χ1n) is 2.58. The van der Waals surface area contributed by atoms with Gasteiger partial charge in [-0.05, 0) is 6.92 Å². The summed E-state index contributed by atoms with van der Waals surface area (Å²) in [5, 5.41) is 0. The molecule has 0 aliphatic carbocycles. The smallest absolute Gasteiger partial charge is 0.289 e. The van der Waals surface area contributed by atoms with Crippen molar-refractivity contribution >= 4 is 5.78 Å². The summed E-state index contributed by atoms with van der Waals surface area (Å²) in [6, 6.07) is 0. The zero-order chi connectivity index (χ0) is 8.36. The van der Waals surface area contributed by atoms with Crippen molar-refractivity contribution in [3.8, 4) is 0 Å². The molecule has 0 spiro atoms. The fraction of sp³-hybridized carbons (Fsp3) is 0.500. The fourth-order valence-electron chi connectivity index (χ4n) is 0.374. The maximum absolute atomic E-state index is 11.4.